The van der Waals surface area contributed by atoms with Crippen molar-refractivity contribution in [2.45, 2.75) is 24.1 Å². The maximum absolute atomic E-state index is 10.4. The molecular weight excluding hydrogens is 150 g/mol. The predicted octanol–water partition coefficient (Wildman–Crippen LogP) is 0.294. The molecule has 0 aliphatic carbocycles. The van der Waals surface area contributed by atoms with E-state index in [9.17, 15) is 4.79 Å². The van der Waals surface area contributed by atoms with Crippen LogP contribution in [0.3, 0.4) is 0 Å². The van der Waals surface area contributed by atoms with Crippen LogP contribution in [0.1, 0.15) is 12.8 Å². The van der Waals surface area contributed by atoms with Crippen LogP contribution in [-0.2, 0) is 4.79 Å². The average Bonchev–Trinajstić information content (AvgIpc) is 1.88. The first-order valence-electron chi connectivity index (χ1n) is 3.30. The number of aliphatic carboxylic acids is 1. The summed E-state index contributed by atoms with van der Waals surface area (Å²) in [6.07, 6.45) is 1.57. The number of carboxylic acids is 1. The normalized spacial score (nSPS) is 33.7. The third-order valence-electron chi connectivity index (χ3n) is 1.59. The van der Waals surface area contributed by atoms with Crippen molar-refractivity contribution in [3.63, 3.8) is 0 Å². The van der Waals surface area contributed by atoms with Gasteiger partial charge in [-0.05, 0) is 12.8 Å². The lowest BCUT2D eigenvalue weighted by atomic mass is 10.1. The van der Waals surface area contributed by atoms with E-state index in [4.69, 9.17) is 10.8 Å². The molecule has 0 unspecified atom stereocenters. The highest BCUT2D eigenvalue weighted by Gasteiger charge is 2.24. The van der Waals surface area contributed by atoms with Crippen molar-refractivity contribution in [1.82, 2.24) is 0 Å². The van der Waals surface area contributed by atoms with E-state index in [0.717, 1.165) is 18.6 Å². The van der Waals surface area contributed by atoms with Gasteiger partial charge in [-0.3, -0.25) is 4.79 Å². The molecule has 1 fully saturated rings. The summed E-state index contributed by atoms with van der Waals surface area (Å²) in [6, 6.07) is 0.209. The third-order valence-corrected chi connectivity index (χ3v) is 3.05. The third kappa shape index (κ3) is 1.88. The Balaban J connectivity index is 2.33. The van der Waals surface area contributed by atoms with Crippen LogP contribution in [0.5, 0.6) is 0 Å². The highest BCUT2D eigenvalue weighted by Crippen LogP contribution is 2.24. The van der Waals surface area contributed by atoms with E-state index in [-0.39, 0.29) is 11.3 Å². The van der Waals surface area contributed by atoms with Gasteiger partial charge in [-0.25, -0.2) is 0 Å². The Kier molecular flexibility index (Phi) is 2.56. The fourth-order valence-electron chi connectivity index (χ4n) is 0.967. The molecule has 0 aromatic heterocycles. The van der Waals surface area contributed by atoms with E-state index < -0.39 is 5.97 Å². The SMILES string of the molecule is N[C@H]1CC[C@@H](C(=O)O)SC1. The molecule has 0 aromatic rings. The minimum Gasteiger partial charge on any atom is -0.480 e. The van der Waals surface area contributed by atoms with Crippen molar-refractivity contribution in [2.24, 2.45) is 5.73 Å². The number of carbonyl (C=O) groups is 1. The van der Waals surface area contributed by atoms with Gasteiger partial charge >= 0.3 is 5.97 Å². The molecule has 2 atom stereocenters. The molecular formula is C6H11NO2S. The molecule has 1 aliphatic rings. The summed E-state index contributed by atoms with van der Waals surface area (Å²) < 4.78 is 0. The molecule has 0 saturated carbocycles. The molecule has 1 aliphatic heterocycles. The lowest BCUT2D eigenvalue weighted by molar-refractivity contribution is -0.136. The summed E-state index contributed by atoms with van der Waals surface area (Å²) in [5.74, 6) is 0.0913. The van der Waals surface area contributed by atoms with Crippen LogP contribution in [0.15, 0.2) is 0 Å². The minimum absolute atomic E-state index is 0.209. The molecule has 10 heavy (non-hydrogen) atoms. The zero-order valence-electron chi connectivity index (χ0n) is 5.62. The molecule has 3 N–H and O–H groups in total. The highest BCUT2D eigenvalue weighted by molar-refractivity contribution is 8.00. The Morgan fingerprint density at radius 1 is 1.60 bits per heavy atom. The zero-order chi connectivity index (χ0) is 7.56. The second kappa shape index (κ2) is 3.25. The fourth-order valence-corrected chi connectivity index (χ4v) is 2.06. The van der Waals surface area contributed by atoms with Crippen molar-refractivity contribution < 1.29 is 9.90 Å². The van der Waals surface area contributed by atoms with Crippen LogP contribution >= 0.6 is 11.8 Å². The first-order chi connectivity index (χ1) is 4.70. The van der Waals surface area contributed by atoms with Crippen LogP contribution in [0.25, 0.3) is 0 Å². The van der Waals surface area contributed by atoms with Gasteiger partial charge in [-0.1, -0.05) is 0 Å². The summed E-state index contributed by atoms with van der Waals surface area (Å²) >= 11 is 1.45. The van der Waals surface area contributed by atoms with Crippen molar-refractivity contribution in [3.8, 4) is 0 Å². The lowest BCUT2D eigenvalue weighted by Gasteiger charge is -2.22. The summed E-state index contributed by atoms with van der Waals surface area (Å²) in [7, 11) is 0. The number of thioether (sulfide) groups is 1. The maximum Gasteiger partial charge on any atom is 0.316 e. The van der Waals surface area contributed by atoms with E-state index in [1.54, 1.807) is 0 Å². The van der Waals surface area contributed by atoms with E-state index >= 15 is 0 Å². The number of nitrogens with two attached hydrogens (primary N) is 1. The quantitative estimate of drug-likeness (QED) is 0.580. The summed E-state index contributed by atoms with van der Waals surface area (Å²) in [5.41, 5.74) is 5.58. The number of carboxylic acid groups (broad SMARTS) is 1. The fraction of sp³-hybridized carbons (Fsp3) is 0.833. The topological polar surface area (TPSA) is 63.3 Å². The first kappa shape index (κ1) is 7.88. The van der Waals surface area contributed by atoms with Crippen LogP contribution in [0.2, 0.25) is 0 Å². The molecule has 4 heteroatoms. The van der Waals surface area contributed by atoms with Gasteiger partial charge in [0, 0.05) is 11.8 Å². The van der Waals surface area contributed by atoms with Gasteiger partial charge in [0.15, 0.2) is 0 Å². The van der Waals surface area contributed by atoms with Gasteiger partial charge in [0.1, 0.15) is 5.25 Å². The standard InChI is InChI=1S/C6H11NO2S/c7-4-1-2-5(6(8)9)10-3-4/h4-5H,1-3,7H2,(H,8,9)/t4-,5-/m0/s1. The smallest absolute Gasteiger partial charge is 0.316 e. The van der Waals surface area contributed by atoms with E-state index in [0.29, 0.717) is 0 Å². The summed E-state index contributed by atoms with van der Waals surface area (Å²) in [5, 5.41) is 8.35. The highest BCUT2D eigenvalue weighted by atomic mass is 32.2. The van der Waals surface area contributed by atoms with Crippen LogP contribution in [0, 0.1) is 0 Å². The molecule has 1 rings (SSSR count). The van der Waals surface area contributed by atoms with Gasteiger partial charge in [0.25, 0.3) is 0 Å². The molecule has 0 radical (unpaired) electrons. The molecule has 0 spiro atoms. The Morgan fingerprint density at radius 2 is 2.30 bits per heavy atom. The number of hydrogen-bond acceptors (Lipinski definition) is 3. The average molecular weight is 161 g/mol. The van der Waals surface area contributed by atoms with Crippen molar-refractivity contribution >= 4 is 17.7 Å². The van der Waals surface area contributed by atoms with Crippen LogP contribution in [0.4, 0.5) is 0 Å². The molecule has 0 amide bonds. The van der Waals surface area contributed by atoms with Gasteiger partial charge in [-0.2, -0.15) is 0 Å². The maximum atomic E-state index is 10.4. The van der Waals surface area contributed by atoms with E-state index in [1.165, 1.54) is 11.8 Å². The van der Waals surface area contributed by atoms with Crippen molar-refractivity contribution in [1.29, 1.82) is 0 Å². The summed E-state index contributed by atoms with van der Waals surface area (Å²) in [6.45, 7) is 0. The summed E-state index contributed by atoms with van der Waals surface area (Å²) in [4.78, 5) is 10.4. The van der Waals surface area contributed by atoms with E-state index in [2.05, 4.69) is 0 Å². The van der Waals surface area contributed by atoms with Gasteiger partial charge < -0.3 is 10.8 Å². The van der Waals surface area contributed by atoms with Crippen molar-refractivity contribution in [3.05, 3.63) is 0 Å². The predicted molar refractivity (Wildman–Crippen MR) is 41.1 cm³/mol. The van der Waals surface area contributed by atoms with E-state index in [1.807, 2.05) is 0 Å². The lowest BCUT2D eigenvalue weighted by Crippen LogP contribution is -2.32. The first-order valence-corrected chi connectivity index (χ1v) is 4.35. The van der Waals surface area contributed by atoms with Gasteiger partial charge in [0.05, 0.1) is 0 Å². The number of hydrogen-bond donors (Lipinski definition) is 2. The zero-order valence-corrected chi connectivity index (χ0v) is 6.43. The second-order valence-corrected chi connectivity index (χ2v) is 3.73. The van der Waals surface area contributed by atoms with Crippen LogP contribution in [-0.4, -0.2) is 28.1 Å². The second-order valence-electron chi connectivity index (χ2n) is 2.50. The molecule has 0 bridgehead atoms. The molecule has 1 saturated heterocycles. The van der Waals surface area contributed by atoms with Gasteiger partial charge in [0.2, 0.25) is 0 Å². The minimum atomic E-state index is -0.697. The van der Waals surface area contributed by atoms with Gasteiger partial charge in [-0.15, -0.1) is 11.8 Å². The van der Waals surface area contributed by atoms with Crippen LogP contribution < -0.4 is 5.73 Å². The Morgan fingerprint density at radius 3 is 2.70 bits per heavy atom. The Labute approximate surface area is 64.0 Å². The largest absolute Gasteiger partial charge is 0.480 e. The monoisotopic (exact) mass is 161 g/mol. The molecule has 58 valence electrons. The molecule has 0 aromatic carbocycles. The number of rotatable bonds is 1. The molecule has 1 heterocycles. The Hall–Kier alpha value is -0.220. The Bertz CT molecular complexity index is 132. The van der Waals surface area contributed by atoms with Crippen molar-refractivity contribution in [2.75, 3.05) is 5.75 Å². The molecule has 3 nitrogen and oxygen atoms in total.